The molecule has 0 unspecified atom stereocenters. The summed E-state index contributed by atoms with van der Waals surface area (Å²) in [7, 11) is 0. The predicted molar refractivity (Wildman–Crippen MR) is 63.1 cm³/mol. The topological polar surface area (TPSA) is 30.9 Å². The Morgan fingerprint density at radius 1 is 1.12 bits per heavy atom. The highest BCUT2D eigenvalue weighted by Gasteiger charge is 2.11. The number of hydrogen-bond donors (Lipinski definition) is 1. The number of nitrogens with two attached hydrogens (primary N) is 1. The first-order valence-electron chi connectivity index (χ1n) is 5.28. The Kier molecular flexibility index (Phi) is 2.79. The quantitative estimate of drug-likeness (QED) is 0.825. The number of aromatic nitrogens is 1. The van der Waals surface area contributed by atoms with Crippen molar-refractivity contribution in [1.29, 1.82) is 0 Å². The predicted octanol–water partition coefficient (Wildman–Crippen LogP) is 2.69. The fourth-order valence-corrected chi connectivity index (χ4v) is 2.01. The molecule has 84 valence electrons. The van der Waals surface area contributed by atoms with Crippen molar-refractivity contribution in [2.24, 2.45) is 5.73 Å². The molecule has 2 nitrogen and oxygen atoms in total. The lowest BCUT2D eigenvalue weighted by Gasteiger charge is -2.14. The molecule has 1 aromatic heterocycles. The Hall–Kier alpha value is -1.61. The Balaban J connectivity index is 2.69. The van der Waals surface area contributed by atoms with Crippen molar-refractivity contribution < 1.29 is 4.39 Å². The zero-order valence-corrected chi connectivity index (χ0v) is 9.50. The van der Waals surface area contributed by atoms with E-state index in [2.05, 4.69) is 0 Å². The second-order valence-electron chi connectivity index (χ2n) is 3.89. The average Bonchev–Trinajstić information content (AvgIpc) is 2.58. The molecule has 0 bridgehead atoms. The van der Waals surface area contributed by atoms with Crippen LogP contribution in [0.25, 0.3) is 5.69 Å². The van der Waals surface area contributed by atoms with Crippen LogP contribution in [0.4, 0.5) is 4.39 Å². The molecule has 0 fully saturated rings. The van der Waals surface area contributed by atoms with Crippen molar-refractivity contribution in [2.75, 3.05) is 0 Å². The van der Waals surface area contributed by atoms with Gasteiger partial charge in [-0.25, -0.2) is 4.39 Å². The van der Waals surface area contributed by atoms with Gasteiger partial charge in [0.25, 0.3) is 0 Å². The number of aryl methyl sites for hydroxylation is 2. The van der Waals surface area contributed by atoms with Gasteiger partial charge in [0, 0.05) is 23.5 Å². The fourth-order valence-electron chi connectivity index (χ4n) is 2.01. The molecule has 3 heteroatoms. The third-order valence-electron chi connectivity index (χ3n) is 2.81. The zero-order valence-electron chi connectivity index (χ0n) is 9.50. The minimum atomic E-state index is -0.243. The number of halogens is 1. The van der Waals surface area contributed by atoms with E-state index in [0.29, 0.717) is 5.56 Å². The van der Waals surface area contributed by atoms with Crippen LogP contribution in [0.3, 0.4) is 0 Å². The molecule has 0 saturated heterocycles. The van der Waals surface area contributed by atoms with Crippen LogP contribution in [0.5, 0.6) is 0 Å². The van der Waals surface area contributed by atoms with Crippen LogP contribution in [-0.4, -0.2) is 4.57 Å². The summed E-state index contributed by atoms with van der Waals surface area (Å²) in [5.74, 6) is -0.243. The molecular weight excluding hydrogens is 203 g/mol. The van der Waals surface area contributed by atoms with Crippen molar-refractivity contribution in [3.8, 4) is 5.69 Å². The molecule has 1 heterocycles. The standard InChI is InChI=1S/C13H15FN2/c1-9-6-7-10(2)16(9)13-5-3-4-12(14)11(13)8-15/h3-7H,8,15H2,1-2H3. The van der Waals surface area contributed by atoms with Crippen LogP contribution < -0.4 is 5.73 Å². The molecule has 1 aromatic carbocycles. The minimum Gasteiger partial charge on any atom is -0.326 e. The summed E-state index contributed by atoms with van der Waals surface area (Å²) in [6.07, 6.45) is 0. The van der Waals surface area contributed by atoms with Gasteiger partial charge in [0.15, 0.2) is 0 Å². The lowest BCUT2D eigenvalue weighted by molar-refractivity contribution is 0.608. The van der Waals surface area contributed by atoms with E-state index in [-0.39, 0.29) is 12.4 Å². The first kappa shape index (κ1) is 10.9. The van der Waals surface area contributed by atoms with E-state index in [1.54, 1.807) is 6.07 Å². The smallest absolute Gasteiger partial charge is 0.129 e. The molecule has 0 aliphatic rings. The van der Waals surface area contributed by atoms with Crippen molar-refractivity contribution in [2.45, 2.75) is 20.4 Å². The van der Waals surface area contributed by atoms with Gasteiger partial charge in [-0.15, -0.1) is 0 Å². The zero-order chi connectivity index (χ0) is 11.7. The molecule has 0 aliphatic carbocycles. The van der Waals surface area contributed by atoms with Crippen molar-refractivity contribution in [1.82, 2.24) is 4.57 Å². The molecule has 0 spiro atoms. The van der Waals surface area contributed by atoms with Crippen LogP contribution in [0.15, 0.2) is 30.3 Å². The molecule has 0 saturated carbocycles. The molecule has 2 rings (SSSR count). The van der Waals surface area contributed by atoms with Gasteiger partial charge in [0.1, 0.15) is 5.82 Å². The van der Waals surface area contributed by atoms with Gasteiger partial charge in [0.2, 0.25) is 0 Å². The molecule has 16 heavy (non-hydrogen) atoms. The van der Waals surface area contributed by atoms with E-state index in [0.717, 1.165) is 17.1 Å². The minimum absolute atomic E-state index is 0.207. The molecule has 2 N–H and O–H groups in total. The normalized spacial score (nSPS) is 10.8. The van der Waals surface area contributed by atoms with Gasteiger partial charge in [-0.2, -0.15) is 0 Å². The lowest BCUT2D eigenvalue weighted by Crippen LogP contribution is -2.08. The van der Waals surface area contributed by atoms with Gasteiger partial charge in [-0.05, 0) is 38.1 Å². The first-order chi connectivity index (χ1) is 7.65. The summed E-state index contributed by atoms with van der Waals surface area (Å²) in [4.78, 5) is 0. The van der Waals surface area contributed by atoms with Crippen molar-refractivity contribution >= 4 is 0 Å². The van der Waals surface area contributed by atoms with Gasteiger partial charge < -0.3 is 10.3 Å². The largest absolute Gasteiger partial charge is 0.326 e. The van der Waals surface area contributed by atoms with E-state index >= 15 is 0 Å². The van der Waals surface area contributed by atoms with Gasteiger partial charge in [-0.1, -0.05) is 6.07 Å². The lowest BCUT2D eigenvalue weighted by atomic mass is 10.1. The Morgan fingerprint density at radius 3 is 2.31 bits per heavy atom. The average molecular weight is 218 g/mol. The second kappa shape index (κ2) is 4.10. The number of nitrogens with zero attached hydrogens (tertiary/aromatic N) is 1. The van der Waals surface area contributed by atoms with Gasteiger partial charge >= 0.3 is 0 Å². The summed E-state index contributed by atoms with van der Waals surface area (Å²) >= 11 is 0. The molecule has 0 atom stereocenters. The van der Waals surface area contributed by atoms with Gasteiger partial charge in [-0.3, -0.25) is 0 Å². The highest BCUT2D eigenvalue weighted by atomic mass is 19.1. The highest BCUT2D eigenvalue weighted by molar-refractivity contribution is 5.45. The highest BCUT2D eigenvalue weighted by Crippen LogP contribution is 2.21. The monoisotopic (exact) mass is 218 g/mol. The van der Waals surface area contributed by atoms with Crippen LogP contribution in [0.2, 0.25) is 0 Å². The van der Waals surface area contributed by atoms with Crippen LogP contribution >= 0.6 is 0 Å². The number of benzene rings is 1. The summed E-state index contributed by atoms with van der Waals surface area (Å²) in [6.45, 7) is 4.20. The van der Waals surface area contributed by atoms with E-state index in [9.17, 15) is 4.39 Å². The fraction of sp³-hybridized carbons (Fsp3) is 0.231. The maximum Gasteiger partial charge on any atom is 0.129 e. The maximum absolute atomic E-state index is 13.6. The SMILES string of the molecule is Cc1ccc(C)n1-c1cccc(F)c1CN. The Morgan fingerprint density at radius 2 is 1.75 bits per heavy atom. The maximum atomic E-state index is 13.6. The second-order valence-corrected chi connectivity index (χ2v) is 3.89. The van der Waals surface area contributed by atoms with E-state index < -0.39 is 0 Å². The van der Waals surface area contributed by atoms with Crippen molar-refractivity contribution in [3.63, 3.8) is 0 Å². The van der Waals surface area contributed by atoms with Crippen LogP contribution in [-0.2, 0) is 6.54 Å². The van der Waals surface area contributed by atoms with Crippen molar-refractivity contribution in [3.05, 3.63) is 53.1 Å². The molecular formula is C13H15FN2. The van der Waals surface area contributed by atoms with E-state index in [1.165, 1.54) is 6.07 Å². The molecule has 0 amide bonds. The molecule has 2 aromatic rings. The van der Waals surface area contributed by atoms with E-state index in [4.69, 9.17) is 5.73 Å². The van der Waals surface area contributed by atoms with Crippen LogP contribution in [0, 0.1) is 19.7 Å². The first-order valence-corrected chi connectivity index (χ1v) is 5.28. The summed E-state index contributed by atoms with van der Waals surface area (Å²) in [5.41, 5.74) is 9.16. The Bertz CT molecular complexity index is 495. The number of rotatable bonds is 2. The summed E-state index contributed by atoms with van der Waals surface area (Å²) in [5, 5.41) is 0. The molecule has 0 radical (unpaired) electrons. The third kappa shape index (κ3) is 1.63. The third-order valence-corrected chi connectivity index (χ3v) is 2.81. The summed E-state index contributed by atoms with van der Waals surface area (Å²) in [6, 6.07) is 9.08. The molecule has 0 aliphatic heterocycles. The summed E-state index contributed by atoms with van der Waals surface area (Å²) < 4.78 is 15.6. The number of hydrogen-bond acceptors (Lipinski definition) is 1. The van der Waals surface area contributed by atoms with Crippen LogP contribution in [0.1, 0.15) is 17.0 Å². The van der Waals surface area contributed by atoms with E-state index in [1.807, 2.05) is 36.6 Å². The Labute approximate surface area is 94.5 Å². The van der Waals surface area contributed by atoms with Gasteiger partial charge in [0.05, 0.1) is 5.69 Å².